The van der Waals surface area contributed by atoms with Crippen LogP contribution in [0.4, 0.5) is 0 Å². The summed E-state index contributed by atoms with van der Waals surface area (Å²) in [5.41, 5.74) is 0. The predicted molar refractivity (Wildman–Crippen MR) is 219 cm³/mol. The number of phosphoric acid groups is 1. The number of phosphoric ester groups is 1. The first-order valence-electron chi connectivity index (χ1n) is 20.6. The van der Waals surface area contributed by atoms with Crippen LogP contribution in [0.15, 0.2) is 60.8 Å². The summed E-state index contributed by atoms with van der Waals surface area (Å²) in [6.45, 7) is 4.57. The molecule has 0 fully saturated rings. The molecule has 0 saturated carbocycles. The van der Waals surface area contributed by atoms with Crippen LogP contribution in [0.1, 0.15) is 155 Å². The molecule has 0 spiro atoms. The summed E-state index contributed by atoms with van der Waals surface area (Å²) < 4.78 is 23.1. The number of nitrogens with one attached hydrogen (secondary N) is 1. The molecule has 3 atom stereocenters. The Bertz CT molecular complexity index is 1030. The first-order chi connectivity index (χ1) is 25.0. The SMILES string of the molecule is CCCCC/C=C/CCCC[C@@H](O)[C@H](COP(=O)([O-])OCC[N+](C)(C)C)NC(=O)CCC/C=C/C/C=C/C/C=C/C/C=C/CCCCCCCCC. The standard InChI is InChI=1S/C43H79N2O6P/c1-6-8-10-12-14-16-17-18-19-20-21-22-23-24-25-26-27-29-31-33-35-37-43(47)44-41(40-51-52(48,49)50-39-38-45(3,4)5)42(46)36-34-32-30-28-15-13-11-9-7-2/h15,19-20,22-23,25-26,28-29,31,41-42,46H,6-14,16-18,21,24,27,30,32-40H2,1-5H3,(H-,44,47,48,49)/b20-19+,23-22+,26-25+,28-15+,31-29+/t41-,42+/m0/s1. The van der Waals surface area contributed by atoms with Crippen molar-refractivity contribution in [2.75, 3.05) is 40.9 Å². The van der Waals surface area contributed by atoms with Gasteiger partial charge < -0.3 is 28.8 Å². The smallest absolute Gasteiger partial charge is 0.268 e. The highest BCUT2D eigenvalue weighted by atomic mass is 31.2. The molecule has 0 saturated heterocycles. The highest BCUT2D eigenvalue weighted by molar-refractivity contribution is 7.45. The summed E-state index contributed by atoms with van der Waals surface area (Å²) in [6.07, 6.45) is 43.9. The number of hydrogen-bond acceptors (Lipinski definition) is 6. The van der Waals surface area contributed by atoms with Crippen molar-refractivity contribution < 1.29 is 32.9 Å². The summed E-state index contributed by atoms with van der Waals surface area (Å²) in [5, 5.41) is 13.7. The van der Waals surface area contributed by atoms with Crippen LogP contribution < -0.4 is 10.2 Å². The first-order valence-corrected chi connectivity index (χ1v) is 22.1. The van der Waals surface area contributed by atoms with Crippen LogP contribution in [0.3, 0.4) is 0 Å². The number of carbonyl (C=O) groups excluding carboxylic acids is 1. The van der Waals surface area contributed by atoms with Crippen LogP contribution in [-0.2, 0) is 18.4 Å². The number of likely N-dealkylation sites (N-methyl/N-ethyl adjacent to an activating group) is 1. The Labute approximate surface area is 320 Å². The van der Waals surface area contributed by atoms with Gasteiger partial charge in [-0.15, -0.1) is 0 Å². The number of aliphatic hydroxyl groups excluding tert-OH is 1. The van der Waals surface area contributed by atoms with Crippen LogP contribution in [0, 0.1) is 0 Å². The van der Waals surface area contributed by atoms with Crippen LogP contribution in [-0.4, -0.2) is 68.5 Å². The van der Waals surface area contributed by atoms with Crippen LogP contribution >= 0.6 is 7.82 Å². The van der Waals surface area contributed by atoms with Gasteiger partial charge in [0.25, 0.3) is 7.82 Å². The second-order valence-electron chi connectivity index (χ2n) is 15.0. The van der Waals surface area contributed by atoms with Gasteiger partial charge in [0.15, 0.2) is 0 Å². The number of quaternary nitrogens is 1. The van der Waals surface area contributed by atoms with Gasteiger partial charge in [0.05, 0.1) is 39.9 Å². The van der Waals surface area contributed by atoms with Crippen molar-refractivity contribution in [1.29, 1.82) is 0 Å². The third kappa shape index (κ3) is 36.6. The fourth-order valence-electron chi connectivity index (χ4n) is 5.38. The molecule has 302 valence electrons. The lowest BCUT2D eigenvalue weighted by Gasteiger charge is -2.30. The summed E-state index contributed by atoms with van der Waals surface area (Å²) >= 11 is 0. The molecular weight excluding hydrogens is 671 g/mol. The number of rotatable bonds is 36. The Morgan fingerprint density at radius 2 is 1.12 bits per heavy atom. The molecule has 52 heavy (non-hydrogen) atoms. The molecule has 0 aliphatic carbocycles. The summed E-state index contributed by atoms with van der Waals surface area (Å²) in [7, 11) is 1.24. The highest BCUT2D eigenvalue weighted by Crippen LogP contribution is 2.38. The summed E-state index contributed by atoms with van der Waals surface area (Å²) in [5.74, 6) is -0.234. The van der Waals surface area contributed by atoms with E-state index in [-0.39, 0.29) is 25.5 Å². The van der Waals surface area contributed by atoms with Gasteiger partial charge in [0.2, 0.25) is 5.91 Å². The minimum absolute atomic E-state index is 0.00648. The van der Waals surface area contributed by atoms with Crippen LogP contribution in [0.25, 0.3) is 0 Å². The van der Waals surface area contributed by atoms with E-state index in [1.165, 1.54) is 70.6 Å². The minimum atomic E-state index is -4.58. The van der Waals surface area contributed by atoms with E-state index in [0.717, 1.165) is 51.4 Å². The monoisotopic (exact) mass is 751 g/mol. The zero-order valence-electron chi connectivity index (χ0n) is 34.0. The van der Waals surface area contributed by atoms with Gasteiger partial charge in [-0.2, -0.15) is 0 Å². The lowest BCUT2D eigenvalue weighted by Crippen LogP contribution is -2.46. The number of aliphatic hydroxyl groups is 1. The van der Waals surface area contributed by atoms with Crippen molar-refractivity contribution in [2.45, 2.75) is 167 Å². The van der Waals surface area contributed by atoms with E-state index in [1.54, 1.807) is 0 Å². The number of nitrogens with zero attached hydrogens (tertiary/aromatic N) is 1. The second-order valence-corrected chi connectivity index (χ2v) is 16.4. The Kier molecular flexibility index (Phi) is 33.7. The van der Waals surface area contributed by atoms with E-state index in [4.69, 9.17) is 9.05 Å². The fourth-order valence-corrected chi connectivity index (χ4v) is 6.10. The highest BCUT2D eigenvalue weighted by Gasteiger charge is 2.24. The zero-order chi connectivity index (χ0) is 38.6. The van der Waals surface area contributed by atoms with E-state index in [0.29, 0.717) is 23.9 Å². The largest absolute Gasteiger partial charge is 0.756 e. The molecular formula is C43H79N2O6P. The molecule has 1 unspecified atom stereocenters. The topological polar surface area (TPSA) is 108 Å². The molecule has 0 aliphatic heterocycles. The summed E-state index contributed by atoms with van der Waals surface area (Å²) in [6, 6.07) is -0.845. The average molecular weight is 751 g/mol. The van der Waals surface area contributed by atoms with Crippen molar-refractivity contribution in [3.05, 3.63) is 60.8 Å². The van der Waals surface area contributed by atoms with Gasteiger partial charge in [-0.05, 0) is 77.0 Å². The zero-order valence-corrected chi connectivity index (χ0v) is 34.9. The fraction of sp³-hybridized carbons (Fsp3) is 0.744. The Morgan fingerprint density at radius 3 is 1.67 bits per heavy atom. The molecule has 1 amide bonds. The molecule has 0 aliphatic rings. The maximum absolute atomic E-state index is 12.8. The maximum atomic E-state index is 12.8. The van der Waals surface area contributed by atoms with Gasteiger partial charge >= 0.3 is 0 Å². The molecule has 9 heteroatoms. The van der Waals surface area contributed by atoms with Crippen LogP contribution in [0.2, 0.25) is 0 Å². The average Bonchev–Trinajstić information content (AvgIpc) is 3.09. The lowest BCUT2D eigenvalue weighted by molar-refractivity contribution is -0.870. The van der Waals surface area contributed by atoms with E-state index in [9.17, 15) is 19.4 Å². The van der Waals surface area contributed by atoms with Gasteiger partial charge in [-0.3, -0.25) is 9.36 Å². The molecule has 0 aromatic carbocycles. The number of carbonyl (C=O) groups is 1. The Balaban J connectivity index is 4.46. The minimum Gasteiger partial charge on any atom is -0.756 e. The van der Waals surface area contributed by atoms with E-state index >= 15 is 0 Å². The first kappa shape index (κ1) is 50.2. The second kappa shape index (κ2) is 34.9. The third-order valence-corrected chi connectivity index (χ3v) is 9.69. The van der Waals surface area contributed by atoms with Crippen molar-refractivity contribution in [1.82, 2.24) is 5.32 Å². The van der Waals surface area contributed by atoms with Crippen molar-refractivity contribution in [3.63, 3.8) is 0 Å². The quantitative estimate of drug-likeness (QED) is 0.0286. The molecule has 0 radical (unpaired) electrons. The normalized spacial score (nSPS) is 15.1. The molecule has 0 aromatic rings. The van der Waals surface area contributed by atoms with Gasteiger partial charge in [-0.1, -0.05) is 132 Å². The number of amides is 1. The van der Waals surface area contributed by atoms with Crippen molar-refractivity contribution >= 4 is 13.7 Å². The maximum Gasteiger partial charge on any atom is 0.268 e. The third-order valence-electron chi connectivity index (χ3n) is 8.73. The number of hydrogen-bond donors (Lipinski definition) is 2. The van der Waals surface area contributed by atoms with E-state index in [2.05, 4.69) is 79.9 Å². The molecule has 8 nitrogen and oxygen atoms in total. The number of allylic oxidation sites excluding steroid dienone is 10. The Hall–Kier alpha value is -1.80. The molecule has 0 rings (SSSR count). The lowest BCUT2D eigenvalue weighted by atomic mass is 10.0. The van der Waals surface area contributed by atoms with Crippen molar-refractivity contribution in [2.24, 2.45) is 0 Å². The molecule has 2 N–H and O–H groups in total. The molecule has 0 aromatic heterocycles. The van der Waals surface area contributed by atoms with E-state index in [1.807, 2.05) is 21.1 Å². The Morgan fingerprint density at radius 1 is 0.673 bits per heavy atom. The number of unbranched alkanes of at least 4 members (excludes halogenated alkanes) is 13. The molecule has 0 bridgehead atoms. The van der Waals surface area contributed by atoms with E-state index < -0.39 is 20.0 Å². The summed E-state index contributed by atoms with van der Waals surface area (Å²) in [4.78, 5) is 25.2. The van der Waals surface area contributed by atoms with Crippen molar-refractivity contribution in [3.8, 4) is 0 Å². The predicted octanol–water partition coefficient (Wildman–Crippen LogP) is 10.4. The molecule has 0 heterocycles. The van der Waals surface area contributed by atoms with Gasteiger partial charge in [0.1, 0.15) is 13.2 Å². The van der Waals surface area contributed by atoms with Crippen LogP contribution in [0.5, 0.6) is 0 Å². The van der Waals surface area contributed by atoms with Gasteiger partial charge in [-0.25, -0.2) is 0 Å². The van der Waals surface area contributed by atoms with Gasteiger partial charge in [0, 0.05) is 6.42 Å².